The monoisotopic (exact) mass is 231 g/mol. The number of likely N-dealkylation sites (tertiary alicyclic amines) is 1. The highest BCUT2D eigenvalue weighted by molar-refractivity contribution is 5.27. The van der Waals surface area contributed by atoms with E-state index in [4.69, 9.17) is 4.74 Å². The lowest BCUT2D eigenvalue weighted by Gasteiger charge is -2.30. The molecule has 1 aromatic carbocycles. The lowest BCUT2D eigenvalue weighted by Crippen LogP contribution is -2.37. The SMILES string of the molecule is c1cc(OC2CC2)ccc1CCCN1CCC1. The molecule has 3 rings (SSSR count). The van der Waals surface area contributed by atoms with Crippen LogP contribution in [-0.4, -0.2) is 30.6 Å². The maximum atomic E-state index is 5.74. The van der Waals surface area contributed by atoms with E-state index in [0.717, 1.165) is 5.75 Å². The van der Waals surface area contributed by atoms with Gasteiger partial charge >= 0.3 is 0 Å². The molecule has 0 unspecified atom stereocenters. The Hall–Kier alpha value is -1.02. The van der Waals surface area contributed by atoms with Crippen molar-refractivity contribution in [3.05, 3.63) is 29.8 Å². The van der Waals surface area contributed by atoms with Crippen molar-refractivity contribution in [1.29, 1.82) is 0 Å². The second-order valence-corrected chi connectivity index (χ2v) is 5.26. The summed E-state index contributed by atoms with van der Waals surface area (Å²) in [5.74, 6) is 1.04. The molecule has 1 aliphatic carbocycles. The normalized spacial score (nSPS) is 20.0. The van der Waals surface area contributed by atoms with Gasteiger partial charge in [0.05, 0.1) is 6.10 Å². The first kappa shape index (κ1) is 11.1. The fraction of sp³-hybridized carbons (Fsp3) is 0.600. The van der Waals surface area contributed by atoms with Crippen molar-refractivity contribution >= 4 is 0 Å². The summed E-state index contributed by atoms with van der Waals surface area (Å²) in [5.41, 5.74) is 1.44. The van der Waals surface area contributed by atoms with E-state index < -0.39 is 0 Å². The number of aryl methyl sites for hydroxylation is 1. The Labute approximate surface area is 104 Å². The lowest BCUT2D eigenvalue weighted by molar-refractivity contribution is 0.179. The van der Waals surface area contributed by atoms with E-state index in [1.54, 1.807) is 0 Å². The molecule has 0 spiro atoms. The van der Waals surface area contributed by atoms with Crippen molar-refractivity contribution in [1.82, 2.24) is 4.90 Å². The molecule has 1 saturated heterocycles. The van der Waals surface area contributed by atoms with Crippen molar-refractivity contribution in [2.24, 2.45) is 0 Å². The average Bonchev–Trinajstić information content (AvgIpc) is 3.08. The molecule has 92 valence electrons. The van der Waals surface area contributed by atoms with Gasteiger partial charge in [0, 0.05) is 0 Å². The third kappa shape index (κ3) is 3.22. The molecule has 0 bridgehead atoms. The van der Waals surface area contributed by atoms with Gasteiger partial charge in [-0.2, -0.15) is 0 Å². The summed E-state index contributed by atoms with van der Waals surface area (Å²) in [4.78, 5) is 2.53. The highest BCUT2D eigenvalue weighted by Gasteiger charge is 2.23. The van der Waals surface area contributed by atoms with Crippen molar-refractivity contribution < 1.29 is 4.74 Å². The molecule has 2 aliphatic rings. The quantitative estimate of drug-likeness (QED) is 0.746. The van der Waals surface area contributed by atoms with Gasteiger partial charge in [0.1, 0.15) is 5.75 Å². The van der Waals surface area contributed by atoms with Crippen LogP contribution in [-0.2, 0) is 6.42 Å². The largest absolute Gasteiger partial charge is 0.490 e. The van der Waals surface area contributed by atoms with Gasteiger partial charge in [-0.15, -0.1) is 0 Å². The average molecular weight is 231 g/mol. The van der Waals surface area contributed by atoms with Gasteiger partial charge in [-0.1, -0.05) is 12.1 Å². The molecule has 2 nitrogen and oxygen atoms in total. The summed E-state index contributed by atoms with van der Waals surface area (Å²) >= 11 is 0. The summed E-state index contributed by atoms with van der Waals surface area (Å²) in [6, 6.07) is 8.68. The fourth-order valence-electron chi connectivity index (χ4n) is 2.23. The standard InChI is InChI=1S/C15H21NO/c1(10-16-11-2-12-16)3-13-4-6-14(7-5-13)17-15-8-9-15/h4-7,15H,1-3,8-12H2. The van der Waals surface area contributed by atoms with Crippen LogP contribution in [0.25, 0.3) is 0 Å². The van der Waals surface area contributed by atoms with Crippen molar-refractivity contribution in [2.45, 2.75) is 38.2 Å². The predicted octanol–water partition coefficient (Wildman–Crippen LogP) is 2.87. The number of hydrogen-bond acceptors (Lipinski definition) is 2. The second kappa shape index (κ2) is 5.09. The van der Waals surface area contributed by atoms with E-state index in [2.05, 4.69) is 29.2 Å². The third-order valence-corrected chi connectivity index (χ3v) is 3.64. The number of rotatable bonds is 6. The first-order valence-corrected chi connectivity index (χ1v) is 6.88. The first-order valence-electron chi connectivity index (χ1n) is 6.88. The van der Waals surface area contributed by atoms with E-state index in [-0.39, 0.29) is 0 Å². The van der Waals surface area contributed by atoms with Crippen molar-refractivity contribution in [2.75, 3.05) is 19.6 Å². The fourth-order valence-corrected chi connectivity index (χ4v) is 2.23. The zero-order valence-electron chi connectivity index (χ0n) is 10.4. The molecule has 0 aromatic heterocycles. The molecule has 2 heteroatoms. The Balaban J connectivity index is 1.42. The third-order valence-electron chi connectivity index (χ3n) is 3.64. The van der Waals surface area contributed by atoms with E-state index in [1.165, 1.54) is 57.3 Å². The molecule has 1 saturated carbocycles. The first-order chi connectivity index (χ1) is 8.40. The van der Waals surface area contributed by atoms with Crippen LogP contribution in [0.4, 0.5) is 0 Å². The van der Waals surface area contributed by atoms with Crippen molar-refractivity contribution in [3.63, 3.8) is 0 Å². The number of benzene rings is 1. The molecular formula is C15H21NO. The van der Waals surface area contributed by atoms with E-state index in [9.17, 15) is 0 Å². The maximum Gasteiger partial charge on any atom is 0.119 e. The zero-order chi connectivity index (χ0) is 11.5. The van der Waals surface area contributed by atoms with Crippen LogP contribution < -0.4 is 4.74 Å². The number of ether oxygens (including phenoxy) is 1. The summed E-state index contributed by atoms with van der Waals surface area (Å²) < 4.78 is 5.74. The molecule has 1 heterocycles. The second-order valence-electron chi connectivity index (χ2n) is 5.26. The smallest absolute Gasteiger partial charge is 0.119 e. The van der Waals surface area contributed by atoms with Crippen LogP contribution >= 0.6 is 0 Å². The molecular weight excluding hydrogens is 210 g/mol. The molecule has 0 radical (unpaired) electrons. The summed E-state index contributed by atoms with van der Waals surface area (Å²) in [5, 5.41) is 0. The summed E-state index contributed by atoms with van der Waals surface area (Å²) in [7, 11) is 0. The van der Waals surface area contributed by atoms with Gasteiger partial charge in [0.2, 0.25) is 0 Å². The highest BCUT2D eigenvalue weighted by Crippen LogP contribution is 2.26. The molecule has 0 N–H and O–H groups in total. The minimum absolute atomic E-state index is 0.507. The Kier molecular flexibility index (Phi) is 3.32. The number of hydrogen-bond donors (Lipinski definition) is 0. The van der Waals surface area contributed by atoms with Crippen LogP contribution in [0.2, 0.25) is 0 Å². The summed E-state index contributed by atoms with van der Waals surface area (Å²) in [6.07, 6.45) is 6.85. The highest BCUT2D eigenvalue weighted by atomic mass is 16.5. The van der Waals surface area contributed by atoms with Gasteiger partial charge in [-0.3, -0.25) is 0 Å². The van der Waals surface area contributed by atoms with Crippen LogP contribution in [0, 0.1) is 0 Å². The minimum atomic E-state index is 0.507. The number of nitrogens with zero attached hydrogens (tertiary/aromatic N) is 1. The molecule has 0 atom stereocenters. The molecule has 0 amide bonds. The predicted molar refractivity (Wildman–Crippen MR) is 69.5 cm³/mol. The van der Waals surface area contributed by atoms with E-state index in [0.29, 0.717) is 6.10 Å². The van der Waals surface area contributed by atoms with Crippen LogP contribution in [0.5, 0.6) is 5.75 Å². The van der Waals surface area contributed by atoms with Gasteiger partial charge < -0.3 is 9.64 Å². The summed E-state index contributed by atoms with van der Waals surface area (Å²) in [6.45, 7) is 3.89. The Bertz CT molecular complexity index is 352. The van der Waals surface area contributed by atoms with Gasteiger partial charge in [0.15, 0.2) is 0 Å². The topological polar surface area (TPSA) is 12.5 Å². The minimum Gasteiger partial charge on any atom is -0.490 e. The zero-order valence-corrected chi connectivity index (χ0v) is 10.4. The van der Waals surface area contributed by atoms with E-state index >= 15 is 0 Å². The molecule has 17 heavy (non-hydrogen) atoms. The van der Waals surface area contributed by atoms with Gasteiger partial charge in [0.25, 0.3) is 0 Å². The van der Waals surface area contributed by atoms with E-state index in [1.807, 2.05) is 0 Å². The van der Waals surface area contributed by atoms with Gasteiger partial charge in [-0.05, 0) is 69.4 Å². The lowest BCUT2D eigenvalue weighted by atomic mass is 10.1. The van der Waals surface area contributed by atoms with Crippen LogP contribution in [0.1, 0.15) is 31.2 Å². The Morgan fingerprint density at radius 2 is 1.88 bits per heavy atom. The van der Waals surface area contributed by atoms with Gasteiger partial charge in [-0.25, -0.2) is 0 Å². The Morgan fingerprint density at radius 1 is 1.12 bits per heavy atom. The maximum absolute atomic E-state index is 5.74. The Morgan fingerprint density at radius 3 is 2.47 bits per heavy atom. The molecule has 1 aromatic rings. The van der Waals surface area contributed by atoms with Crippen LogP contribution in [0.3, 0.4) is 0 Å². The van der Waals surface area contributed by atoms with Crippen LogP contribution in [0.15, 0.2) is 24.3 Å². The van der Waals surface area contributed by atoms with Crippen molar-refractivity contribution in [3.8, 4) is 5.75 Å². The molecule has 2 fully saturated rings. The molecule has 1 aliphatic heterocycles.